The van der Waals surface area contributed by atoms with Crippen molar-refractivity contribution in [1.29, 1.82) is 0 Å². The Labute approximate surface area is 151 Å². The largest absolute Gasteiger partial charge is 0.337 e. The van der Waals surface area contributed by atoms with Crippen molar-refractivity contribution in [2.24, 2.45) is 0 Å². The van der Waals surface area contributed by atoms with Crippen molar-refractivity contribution in [3.8, 4) is 11.4 Å². The smallest absolute Gasteiger partial charge is 0.325 e. The first-order chi connectivity index (χ1) is 12.5. The fourth-order valence-electron chi connectivity index (χ4n) is 2.78. The highest BCUT2D eigenvalue weighted by atomic mass is 32.1. The molecular formula is C17H13FN4O3S. The maximum atomic E-state index is 13.1. The van der Waals surface area contributed by atoms with E-state index in [-0.39, 0.29) is 12.4 Å². The lowest BCUT2D eigenvalue weighted by Crippen LogP contribution is -2.40. The van der Waals surface area contributed by atoms with Crippen LogP contribution in [-0.4, -0.2) is 27.0 Å². The number of hydrogen-bond donors (Lipinski definition) is 1. The third-order valence-corrected chi connectivity index (χ3v) is 4.92. The van der Waals surface area contributed by atoms with Crippen molar-refractivity contribution >= 4 is 23.3 Å². The van der Waals surface area contributed by atoms with Gasteiger partial charge in [0.2, 0.25) is 11.7 Å². The zero-order valence-corrected chi connectivity index (χ0v) is 14.4. The van der Waals surface area contributed by atoms with Gasteiger partial charge in [-0.3, -0.25) is 9.69 Å². The van der Waals surface area contributed by atoms with E-state index in [2.05, 4.69) is 15.5 Å². The minimum atomic E-state index is -1.28. The molecule has 0 bridgehead atoms. The minimum absolute atomic E-state index is 0.140. The standard InChI is InChI=1S/C17H13FN4O3S/c1-17(11-2-4-12(18)5-3-11)15(23)22(16(24)20-17)8-13-19-14(21-25-13)10-6-7-26-9-10/h2-7,9H,8H2,1H3,(H,20,24). The highest BCUT2D eigenvalue weighted by Gasteiger charge is 2.49. The number of rotatable bonds is 4. The Kier molecular flexibility index (Phi) is 3.80. The highest BCUT2D eigenvalue weighted by Crippen LogP contribution is 2.30. The van der Waals surface area contributed by atoms with Crippen LogP contribution in [0.15, 0.2) is 45.6 Å². The number of nitrogens with zero attached hydrogens (tertiary/aromatic N) is 3. The number of urea groups is 1. The molecule has 3 aromatic rings. The molecule has 1 fully saturated rings. The van der Waals surface area contributed by atoms with Crippen LogP contribution in [-0.2, 0) is 16.9 Å². The topological polar surface area (TPSA) is 88.3 Å². The Morgan fingerprint density at radius 1 is 1.27 bits per heavy atom. The molecule has 7 nitrogen and oxygen atoms in total. The average molecular weight is 372 g/mol. The van der Waals surface area contributed by atoms with Crippen LogP contribution in [0.2, 0.25) is 0 Å². The molecule has 1 atom stereocenters. The number of thiophene rings is 1. The zero-order chi connectivity index (χ0) is 18.3. The molecule has 2 aromatic heterocycles. The van der Waals surface area contributed by atoms with Crippen molar-refractivity contribution in [3.63, 3.8) is 0 Å². The molecule has 132 valence electrons. The maximum Gasteiger partial charge on any atom is 0.325 e. The molecule has 0 saturated carbocycles. The second kappa shape index (κ2) is 6.03. The first-order valence-electron chi connectivity index (χ1n) is 7.73. The molecule has 0 radical (unpaired) electrons. The molecule has 1 saturated heterocycles. The van der Waals surface area contributed by atoms with Gasteiger partial charge in [-0.05, 0) is 36.1 Å². The Balaban J connectivity index is 1.57. The number of carbonyl (C=O) groups excluding carboxylic acids is 2. The van der Waals surface area contributed by atoms with E-state index in [9.17, 15) is 14.0 Å². The van der Waals surface area contributed by atoms with E-state index in [0.717, 1.165) is 10.5 Å². The van der Waals surface area contributed by atoms with Crippen molar-refractivity contribution in [2.75, 3.05) is 0 Å². The molecule has 1 aliphatic rings. The molecule has 3 heterocycles. The molecule has 0 aliphatic carbocycles. The van der Waals surface area contributed by atoms with Crippen molar-refractivity contribution < 1.29 is 18.5 Å². The predicted molar refractivity (Wildman–Crippen MR) is 90.4 cm³/mol. The lowest BCUT2D eigenvalue weighted by Gasteiger charge is -2.21. The fraction of sp³-hybridized carbons (Fsp3) is 0.176. The van der Waals surface area contributed by atoms with Gasteiger partial charge < -0.3 is 9.84 Å². The first-order valence-corrected chi connectivity index (χ1v) is 8.67. The number of amides is 3. The summed E-state index contributed by atoms with van der Waals surface area (Å²) in [5.74, 6) is -0.338. The number of nitrogens with one attached hydrogen (secondary N) is 1. The lowest BCUT2D eigenvalue weighted by atomic mass is 9.92. The summed E-state index contributed by atoms with van der Waals surface area (Å²) in [5.41, 5.74) is 0.0173. The number of benzene rings is 1. The second-order valence-electron chi connectivity index (χ2n) is 5.98. The number of hydrogen-bond acceptors (Lipinski definition) is 6. The summed E-state index contributed by atoms with van der Waals surface area (Å²) in [6, 6.07) is 6.70. The van der Waals surface area contributed by atoms with Crippen LogP contribution in [0, 0.1) is 5.82 Å². The first kappa shape index (κ1) is 16.4. The normalized spacial score (nSPS) is 19.8. The molecule has 1 aromatic carbocycles. The predicted octanol–water partition coefficient (Wildman–Crippen LogP) is 2.90. The van der Waals surface area contributed by atoms with E-state index in [1.54, 1.807) is 6.92 Å². The minimum Gasteiger partial charge on any atom is -0.337 e. The summed E-state index contributed by atoms with van der Waals surface area (Å²) in [5, 5.41) is 10.3. The van der Waals surface area contributed by atoms with Gasteiger partial charge in [0.15, 0.2) is 0 Å². The molecule has 0 spiro atoms. The van der Waals surface area contributed by atoms with Crippen molar-refractivity contribution in [1.82, 2.24) is 20.4 Å². The van der Waals surface area contributed by atoms with E-state index in [4.69, 9.17) is 4.52 Å². The number of halogens is 1. The molecule has 1 N–H and O–H groups in total. The Hall–Kier alpha value is -3.07. The van der Waals surface area contributed by atoms with E-state index < -0.39 is 23.3 Å². The quantitative estimate of drug-likeness (QED) is 0.712. The third kappa shape index (κ3) is 2.66. The summed E-state index contributed by atoms with van der Waals surface area (Å²) in [7, 11) is 0. The summed E-state index contributed by atoms with van der Waals surface area (Å²) in [6.07, 6.45) is 0. The van der Waals surface area contributed by atoms with Gasteiger partial charge >= 0.3 is 6.03 Å². The second-order valence-corrected chi connectivity index (χ2v) is 6.76. The third-order valence-electron chi connectivity index (χ3n) is 4.24. The van der Waals surface area contributed by atoms with E-state index in [1.807, 2.05) is 16.8 Å². The van der Waals surface area contributed by atoms with Gasteiger partial charge in [-0.15, -0.1) is 0 Å². The highest BCUT2D eigenvalue weighted by molar-refractivity contribution is 7.08. The van der Waals surface area contributed by atoms with Gasteiger partial charge in [0.25, 0.3) is 5.91 Å². The fourth-order valence-corrected chi connectivity index (χ4v) is 3.42. The summed E-state index contributed by atoms with van der Waals surface area (Å²) >= 11 is 1.50. The molecule has 9 heteroatoms. The Bertz CT molecular complexity index is 970. The molecule has 1 aliphatic heterocycles. The van der Waals surface area contributed by atoms with E-state index in [0.29, 0.717) is 11.4 Å². The lowest BCUT2D eigenvalue weighted by molar-refractivity contribution is -0.131. The molecule has 1 unspecified atom stereocenters. The molecular weight excluding hydrogens is 359 g/mol. The van der Waals surface area contributed by atoms with Gasteiger partial charge in [0.05, 0.1) is 0 Å². The van der Waals surface area contributed by atoms with Gasteiger partial charge in [-0.2, -0.15) is 16.3 Å². The average Bonchev–Trinajstić information content (AvgIpc) is 3.34. The van der Waals surface area contributed by atoms with Crippen LogP contribution in [0.3, 0.4) is 0 Å². The van der Waals surface area contributed by atoms with Gasteiger partial charge in [-0.1, -0.05) is 17.3 Å². The Morgan fingerprint density at radius 2 is 2.04 bits per heavy atom. The van der Waals surface area contributed by atoms with Crippen molar-refractivity contribution in [2.45, 2.75) is 19.0 Å². The summed E-state index contributed by atoms with van der Waals surface area (Å²) in [4.78, 5) is 30.4. The number of aromatic nitrogens is 2. The van der Waals surface area contributed by atoms with Crippen molar-refractivity contribution in [3.05, 3.63) is 58.4 Å². The Morgan fingerprint density at radius 3 is 2.73 bits per heavy atom. The van der Waals surface area contributed by atoms with Crippen LogP contribution in [0.25, 0.3) is 11.4 Å². The molecule has 3 amide bonds. The molecule has 26 heavy (non-hydrogen) atoms. The zero-order valence-electron chi connectivity index (χ0n) is 13.6. The number of carbonyl (C=O) groups is 2. The van der Waals surface area contributed by atoms with Gasteiger partial charge in [0.1, 0.15) is 17.9 Å². The van der Waals surface area contributed by atoms with E-state index >= 15 is 0 Å². The SMILES string of the molecule is CC1(c2ccc(F)cc2)NC(=O)N(Cc2nc(-c3ccsc3)no2)C1=O. The number of imide groups is 1. The van der Waals surface area contributed by atoms with E-state index in [1.165, 1.54) is 35.6 Å². The maximum absolute atomic E-state index is 13.1. The van der Waals surface area contributed by atoms with Gasteiger partial charge in [0, 0.05) is 10.9 Å². The monoisotopic (exact) mass is 372 g/mol. The van der Waals surface area contributed by atoms with Crippen LogP contribution >= 0.6 is 11.3 Å². The van der Waals surface area contributed by atoms with Crippen LogP contribution in [0.1, 0.15) is 18.4 Å². The van der Waals surface area contributed by atoms with Gasteiger partial charge in [-0.25, -0.2) is 9.18 Å². The van der Waals surface area contributed by atoms with Crippen LogP contribution < -0.4 is 5.32 Å². The van der Waals surface area contributed by atoms with Crippen LogP contribution in [0.5, 0.6) is 0 Å². The van der Waals surface area contributed by atoms with Crippen LogP contribution in [0.4, 0.5) is 9.18 Å². The summed E-state index contributed by atoms with van der Waals surface area (Å²) in [6.45, 7) is 1.43. The summed E-state index contributed by atoms with van der Waals surface area (Å²) < 4.78 is 18.3. The molecule has 4 rings (SSSR count).